The Bertz CT molecular complexity index is 382. The maximum Gasteiger partial charge on any atom is 0.135 e. The van der Waals surface area contributed by atoms with E-state index in [2.05, 4.69) is 30.7 Å². The molecule has 1 heterocycles. The summed E-state index contributed by atoms with van der Waals surface area (Å²) in [6.45, 7) is 9.65. The first-order valence-corrected chi connectivity index (χ1v) is 7.49. The van der Waals surface area contributed by atoms with Gasteiger partial charge in [0, 0.05) is 13.0 Å². The first kappa shape index (κ1) is 15.1. The first-order chi connectivity index (χ1) is 8.62. The summed E-state index contributed by atoms with van der Waals surface area (Å²) >= 11 is 1.58. The van der Waals surface area contributed by atoms with Crippen LogP contribution in [0.2, 0.25) is 0 Å². The third kappa shape index (κ3) is 4.07. The van der Waals surface area contributed by atoms with Gasteiger partial charge in [-0.25, -0.2) is 4.98 Å². The van der Waals surface area contributed by atoms with Crippen LogP contribution in [-0.4, -0.2) is 35.4 Å². The summed E-state index contributed by atoms with van der Waals surface area (Å²) in [5.41, 5.74) is 6.61. The van der Waals surface area contributed by atoms with E-state index in [1.807, 2.05) is 0 Å². The number of aromatic nitrogens is 1. The summed E-state index contributed by atoms with van der Waals surface area (Å²) in [5, 5.41) is 8.70. The van der Waals surface area contributed by atoms with Gasteiger partial charge in [-0.3, -0.25) is 5.41 Å². The average molecular weight is 268 g/mol. The van der Waals surface area contributed by atoms with Gasteiger partial charge in [-0.2, -0.15) is 0 Å². The standard InChI is InChI=1S/C13H24N4S/c1-4-7-10-12(13(14)15)18-11(16-10)8-9-17(5-2)6-3/h4-9H2,1-3H3,(H3,14,15). The minimum Gasteiger partial charge on any atom is -0.383 e. The number of nitrogens with one attached hydrogen (secondary N) is 1. The zero-order valence-electron chi connectivity index (χ0n) is 11.6. The molecule has 0 aliphatic carbocycles. The van der Waals surface area contributed by atoms with Gasteiger partial charge in [-0.15, -0.1) is 11.3 Å². The molecule has 5 heteroatoms. The molecule has 0 atom stereocenters. The molecule has 0 bridgehead atoms. The van der Waals surface area contributed by atoms with Gasteiger partial charge in [0.2, 0.25) is 0 Å². The Morgan fingerprint density at radius 3 is 2.44 bits per heavy atom. The molecule has 0 saturated carbocycles. The summed E-state index contributed by atoms with van der Waals surface area (Å²) in [7, 11) is 0. The van der Waals surface area contributed by atoms with E-state index in [1.54, 1.807) is 11.3 Å². The van der Waals surface area contributed by atoms with Crippen molar-refractivity contribution < 1.29 is 0 Å². The van der Waals surface area contributed by atoms with Gasteiger partial charge < -0.3 is 10.6 Å². The Labute approximate surface area is 114 Å². The molecule has 0 radical (unpaired) electrons. The van der Waals surface area contributed by atoms with Crippen LogP contribution in [0.5, 0.6) is 0 Å². The van der Waals surface area contributed by atoms with Crippen LogP contribution in [0.3, 0.4) is 0 Å². The van der Waals surface area contributed by atoms with Crippen LogP contribution in [0.15, 0.2) is 0 Å². The van der Waals surface area contributed by atoms with Crippen LogP contribution in [0, 0.1) is 5.41 Å². The number of nitrogens with two attached hydrogens (primary N) is 1. The Hall–Kier alpha value is -0.940. The maximum absolute atomic E-state index is 7.59. The molecule has 1 aromatic heterocycles. The minimum absolute atomic E-state index is 0.157. The zero-order chi connectivity index (χ0) is 13.5. The molecule has 0 aromatic carbocycles. The molecule has 0 aliphatic rings. The third-order valence-electron chi connectivity index (χ3n) is 3.01. The van der Waals surface area contributed by atoms with Crippen molar-refractivity contribution >= 4 is 17.2 Å². The van der Waals surface area contributed by atoms with E-state index in [9.17, 15) is 0 Å². The molecule has 0 spiro atoms. The molecular weight excluding hydrogens is 244 g/mol. The fraction of sp³-hybridized carbons (Fsp3) is 0.692. The van der Waals surface area contributed by atoms with E-state index >= 15 is 0 Å². The Kier molecular flexibility index (Phi) is 6.29. The van der Waals surface area contributed by atoms with Crippen LogP contribution in [0.25, 0.3) is 0 Å². The highest BCUT2D eigenvalue weighted by molar-refractivity contribution is 7.13. The van der Waals surface area contributed by atoms with Gasteiger partial charge in [-0.05, 0) is 19.5 Å². The molecule has 0 unspecified atom stereocenters. The molecule has 102 valence electrons. The molecule has 4 nitrogen and oxygen atoms in total. The highest BCUT2D eigenvalue weighted by Crippen LogP contribution is 2.20. The topological polar surface area (TPSA) is 66.0 Å². The van der Waals surface area contributed by atoms with Crippen molar-refractivity contribution in [2.75, 3.05) is 19.6 Å². The van der Waals surface area contributed by atoms with Crippen molar-refractivity contribution in [1.29, 1.82) is 5.41 Å². The summed E-state index contributed by atoms with van der Waals surface area (Å²) in [4.78, 5) is 7.88. The lowest BCUT2D eigenvalue weighted by molar-refractivity contribution is 0.308. The van der Waals surface area contributed by atoms with Crippen LogP contribution in [0.4, 0.5) is 0 Å². The Morgan fingerprint density at radius 2 is 1.94 bits per heavy atom. The zero-order valence-corrected chi connectivity index (χ0v) is 12.4. The van der Waals surface area contributed by atoms with Gasteiger partial charge in [0.25, 0.3) is 0 Å². The number of amidine groups is 1. The van der Waals surface area contributed by atoms with Gasteiger partial charge >= 0.3 is 0 Å². The molecule has 1 rings (SSSR count). The highest BCUT2D eigenvalue weighted by Gasteiger charge is 2.13. The highest BCUT2D eigenvalue weighted by atomic mass is 32.1. The fourth-order valence-electron chi connectivity index (χ4n) is 1.92. The van der Waals surface area contributed by atoms with Crippen LogP contribution >= 0.6 is 11.3 Å². The van der Waals surface area contributed by atoms with Gasteiger partial charge in [0.1, 0.15) is 5.84 Å². The second-order valence-corrected chi connectivity index (χ2v) is 5.41. The molecule has 18 heavy (non-hydrogen) atoms. The fourth-order valence-corrected chi connectivity index (χ4v) is 2.88. The van der Waals surface area contributed by atoms with Crippen molar-refractivity contribution in [1.82, 2.24) is 9.88 Å². The molecule has 1 aromatic rings. The van der Waals surface area contributed by atoms with Crippen molar-refractivity contribution in [3.63, 3.8) is 0 Å². The Balaban J connectivity index is 2.72. The SMILES string of the molecule is CCCc1nc(CCN(CC)CC)sc1C(=N)N. The maximum atomic E-state index is 7.59. The quantitative estimate of drug-likeness (QED) is 0.561. The van der Waals surface area contributed by atoms with E-state index in [0.717, 1.165) is 54.5 Å². The van der Waals surface area contributed by atoms with E-state index in [0.29, 0.717) is 0 Å². The van der Waals surface area contributed by atoms with E-state index in [4.69, 9.17) is 11.1 Å². The number of hydrogen-bond donors (Lipinski definition) is 2. The number of nitrogen functional groups attached to an aromatic ring is 1. The summed E-state index contributed by atoms with van der Waals surface area (Å²) in [6.07, 6.45) is 2.91. The van der Waals surface area contributed by atoms with E-state index in [-0.39, 0.29) is 5.84 Å². The predicted molar refractivity (Wildman–Crippen MR) is 78.6 cm³/mol. The monoisotopic (exact) mass is 268 g/mol. The molecule has 0 fully saturated rings. The van der Waals surface area contributed by atoms with Crippen molar-refractivity contribution in [2.45, 2.75) is 40.0 Å². The van der Waals surface area contributed by atoms with Crippen LogP contribution in [-0.2, 0) is 12.8 Å². The van der Waals surface area contributed by atoms with Gasteiger partial charge in [0.15, 0.2) is 0 Å². The third-order valence-corrected chi connectivity index (χ3v) is 4.20. The van der Waals surface area contributed by atoms with Crippen LogP contribution < -0.4 is 5.73 Å². The lowest BCUT2D eigenvalue weighted by atomic mass is 10.2. The number of thiazole rings is 1. The van der Waals surface area contributed by atoms with E-state index in [1.165, 1.54) is 0 Å². The number of hydrogen-bond acceptors (Lipinski definition) is 4. The second kappa shape index (κ2) is 7.48. The summed E-state index contributed by atoms with van der Waals surface area (Å²) < 4.78 is 0. The number of likely N-dealkylation sites (N-methyl/N-ethyl adjacent to an activating group) is 1. The molecular formula is C13H24N4S. The largest absolute Gasteiger partial charge is 0.383 e. The van der Waals surface area contributed by atoms with Crippen molar-refractivity contribution in [2.24, 2.45) is 5.73 Å². The molecule has 0 amide bonds. The summed E-state index contributed by atoms with van der Waals surface area (Å²) in [6, 6.07) is 0. The number of aryl methyl sites for hydroxylation is 1. The van der Waals surface area contributed by atoms with Crippen molar-refractivity contribution in [3.05, 3.63) is 15.6 Å². The lowest BCUT2D eigenvalue weighted by Crippen LogP contribution is -2.25. The predicted octanol–water partition coefficient (Wildman–Crippen LogP) is 2.26. The normalized spacial score (nSPS) is 11.1. The van der Waals surface area contributed by atoms with Crippen molar-refractivity contribution in [3.8, 4) is 0 Å². The average Bonchev–Trinajstić information content (AvgIpc) is 2.74. The lowest BCUT2D eigenvalue weighted by Gasteiger charge is -2.16. The molecule has 0 aliphatic heterocycles. The Morgan fingerprint density at radius 1 is 1.28 bits per heavy atom. The molecule has 3 N–H and O–H groups in total. The smallest absolute Gasteiger partial charge is 0.135 e. The number of nitrogens with zero attached hydrogens (tertiary/aromatic N) is 2. The van der Waals surface area contributed by atoms with Gasteiger partial charge in [0.05, 0.1) is 15.6 Å². The minimum atomic E-state index is 0.157. The first-order valence-electron chi connectivity index (χ1n) is 6.67. The second-order valence-electron chi connectivity index (χ2n) is 4.32. The molecule has 0 saturated heterocycles. The van der Waals surface area contributed by atoms with Crippen LogP contribution in [0.1, 0.15) is 42.8 Å². The summed E-state index contributed by atoms with van der Waals surface area (Å²) in [5.74, 6) is 0.157. The van der Waals surface area contributed by atoms with E-state index < -0.39 is 0 Å². The van der Waals surface area contributed by atoms with Gasteiger partial charge in [-0.1, -0.05) is 27.2 Å². The number of rotatable bonds is 8.